The Kier molecular flexibility index (Phi) is 8.10. The Morgan fingerprint density at radius 2 is 1.74 bits per heavy atom. The number of nitrogens with zero attached hydrogens (tertiary/aromatic N) is 2. The van der Waals surface area contributed by atoms with Gasteiger partial charge in [0.05, 0.1) is 21.8 Å². The average Bonchev–Trinajstić information content (AvgIpc) is 3.63. The van der Waals surface area contributed by atoms with Crippen molar-refractivity contribution in [3.8, 4) is 17.1 Å². The zero-order chi connectivity index (χ0) is 29.1. The summed E-state index contributed by atoms with van der Waals surface area (Å²) in [6.45, 7) is -0.100. The molecule has 0 spiro atoms. The van der Waals surface area contributed by atoms with E-state index >= 15 is 0 Å². The molecule has 2 atom stereocenters. The predicted molar refractivity (Wildman–Crippen MR) is 169 cm³/mol. The number of anilines is 2. The lowest BCUT2D eigenvalue weighted by Gasteiger charge is -2.26. The zero-order valence-corrected chi connectivity index (χ0v) is 24.4. The number of furan rings is 1. The van der Waals surface area contributed by atoms with Crippen LogP contribution in [0.25, 0.3) is 11.3 Å². The smallest absolute Gasteiger partial charge is 0.262 e. The molecule has 3 aromatic carbocycles. The van der Waals surface area contributed by atoms with Gasteiger partial charge in [0, 0.05) is 23.1 Å². The minimum absolute atomic E-state index is 0.100. The van der Waals surface area contributed by atoms with Crippen molar-refractivity contribution in [2.75, 3.05) is 16.8 Å². The summed E-state index contributed by atoms with van der Waals surface area (Å²) in [5.74, 6) is 1.62. The fraction of sp³-hybridized carbons (Fsp3) is 0.0938. The number of hydrogen-bond donors (Lipinski definition) is 2. The number of carbonyl (C=O) groups excluding carboxylic acids is 1. The van der Waals surface area contributed by atoms with E-state index in [9.17, 15) is 4.79 Å². The van der Waals surface area contributed by atoms with E-state index in [0.29, 0.717) is 43.7 Å². The quantitative estimate of drug-likeness (QED) is 0.172. The first-order valence-corrected chi connectivity index (χ1v) is 14.3. The molecule has 0 bridgehead atoms. The van der Waals surface area contributed by atoms with Gasteiger partial charge in [0.2, 0.25) is 0 Å². The Bertz CT molecular complexity index is 1720. The molecule has 0 unspecified atom stereocenters. The maximum Gasteiger partial charge on any atom is 0.262 e. The van der Waals surface area contributed by atoms with Crippen molar-refractivity contribution >= 4 is 57.8 Å². The van der Waals surface area contributed by atoms with Gasteiger partial charge in [-0.1, -0.05) is 53.5 Å². The molecule has 1 amide bonds. The lowest BCUT2D eigenvalue weighted by molar-refractivity contribution is -0.118. The van der Waals surface area contributed by atoms with E-state index in [0.717, 1.165) is 11.4 Å². The van der Waals surface area contributed by atoms with Gasteiger partial charge in [0.25, 0.3) is 5.91 Å². The third kappa shape index (κ3) is 5.83. The molecule has 1 aliphatic rings. The molecule has 0 saturated carbocycles. The number of hydrogen-bond acceptors (Lipinski definition) is 5. The molecule has 210 valence electrons. The number of benzene rings is 3. The van der Waals surface area contributed by atoms with Gasteiger partial charge in [-0.15, -0.1) is 0 Å². The fourth-order valence-corrected chi connectivity index (χ4v) is 5.58. The molecule has 2 aromatic heterocycles. The number of thiocarbonyl (C=S) groups is 1. The highest BCUT2D eigenvalue weighted by atomic mass is 35.5. The molecule has 1 aliphatic heterocycles. The first-order valence-electron chi connectivity index (χ1n) is 13.1. The molecule has 1 saturated heterocycles. The maximum absolute atomic E-state index is 12.5. The van der Waals surface area contributed by atoms with Crippen molar-refractivity contribution in [3.05, 3.63) is 131 Å². The van der Waals surface area contributed by atoms with Gasteiger partial charge in [-0.05, 0) is 85.0 Å². The number of nitrogens with one attached hydrogen (secondary N) is 2. The largest absolute Gasteiger partial charge is 0.484 e. The van der Waals surface area contributed by atoms with Crippen LogP contribution in [0.1, 0.15) is 23.5 Å². The van der Waals surface area contributed by atoms with E-state index in [-0.39, 0.29) is 24.6 Å². The molecular formula is C32H24Cl2N4O3S. The Hall–Kier alpha value is -4.37. The number of ether oxygens (including phenoxy) is 1. The molecule has 7 nitrogen and oxygen atoms in total. The number of aromatic nitrogens is 1. The van der Waals surface area contributed by atoms with Crippen LogP contribution in [-0.4, -0.2) is 22.6 Å². The molecular weight excluding hydrogens is 591 g/mol. The second-order valence-electron chi connectivity index (χ2n) is 9.50. The first-order chi connectivity index (χ1) is 20.5. The Morgan fingerprint density at radius 3 is 2.50 bits per heavy atom. The van der Waals surface area contributed by atoms with Crippen molar-refractivity contribution in [2.24, 2.45) is 0 Å². The average molecular weight is 616 g/mol. The lowest BCUT2D eigenvalue weighted by atomic mass is 10.0. The van der Waals surface area contributed by atoms with Crippen LogP contribution in [0, 0.1) is 0 Å². The highest BCUT2D eigenvalue weighted by Gasteiger charge is 2.42. The Balaban J connectivity index is 1.27. The minimum Gasteiger partial charge on any atom is -0.484 e. The molecule has 10 heteroatoms. The standard InChI is InChI=1S/C32H24Cl2N4O3S/c33-24-10-6-9-23(29(24)34)26-16-17-27(41-26)31-30(25-11-4-5-18-35-25)37-32(42)38(31)21-14-12-20(13-15-21)36-28(39)19-40-22-7-2-1-3-8-22/h1-18,30-31H,19H2,(H,36,39)(H,37,42)/t30-,31-/m1/s1. The Labute approximate surface area is 258 Å². The number of pyridine rings is 1. The molecule has 6 rings (SSSR count). The van der Waals surface area contributed by atoms with Gasteiger partial charge < -0.3 is 24.7 Å². The molecule has 0 radical (unpaired) electrons. The van der Waals surface area contributed by atoms with E-state index in [2.05, 4.69) is 15.6 Å². The fourth-order valence-electron chi connectivity index (χ4n) is 4.84. The van der Waals surface area contributed by atoms with Gasteiger partial charge in [-0.2, -0.15) is 0 Å². The van der Waals surface area contributed by atoms with Gasteiger partial charge in [-0.25, -0.2) is 0 Å². The summed E-state index contributed by atoms with van der Waals surface area (Å²) in [4.78, 5) is 19.0. The summed E-state index contributed by atoms with van der Waals surface area (Å²) in [5.41, 5.74) is 2.95. The third-order valence-electron chi connectivity index (χ3n) is 6.78. The van der Waals surface area contributed by atoms with Crippen LogP contribution < -0.4 is 20.3 Å². The monoisotopic (exact) mass is 614 g/mol. The summed E-state index contributed by atoms with van der Waals surface area (Å²) in [6, 6.07) is 30.9. The summed E-state index contributed by atoms with van der Waals surface area (Å²) in [7, 11) is 0. The number of amides is 1. The van der Waals surface area contributed by atoms with Crippen LogP contribution in [0.4, 0.5) is 11.4 Å². The number of para-hydroxylation sites is 1. The van der Waals surface area contributed by atoms with Gasteiger partial charge >= 0.3 is 0 Å². The highest BCUT2D eigenvalue weighted by molar-refractivity contribution is 7.80. The molecule has 0 aliphatic carbocycles. The lowest BCUT2D eigenvalue weighted by Crippen LogP contribution is -2.29. The van der Waals surface area contributed by atoms with Crippen LogP contribution in [0.2, 0.25) is 10.0 Å². The van der Waals surface area contributed by atoms with Crippen molar-refractivity contribution < 1.29 is 13.9 Å². The molecule has 1 fully saturated rings. The Morgan fingerprint density at radius 1 is 0.952 bits per heavy atom. The summed E-state index contributed by atoms with van der Waals surface area (Å²) < 4.78 is 11.9. The van der Waals surface area contributed by atoms with Gasteiger partial charge in [-0.3, -0.25) is 9.78 Å². The zero-order valence-electron chi connectivity index (χ0n) is 22.0. The summed E-state index contributed by atoms with van der Waals surface area (Å²) >= 11 is 18.6. The first kappa shape index (κ1) is 27.8. The van der Waals surface area contributed by atoms with Crippen molar-refractivity contribution in [1.29, 1.82) is 0 Å². The van der Waals surface area contributed by atoms with Gasteiger partial charge in [0.1, 0.15) is 23.3 Å². The molecule has 2 N–H and O–H groups in total. The second kappa shape index (κ2) is 12.2. The van der Waals surface area contributed by atoms with E-state index in [1.807, 2.05) is 89.8 Å². The van der Waals surface area contributed by atoms with Crippen LogP contribution in [-0.2, 0) is 4.79 Å². The van der Waals surface area contributed by atoms with Crippen molar-refractivity contribution in [2.45, 2.75) is 12.1 Å². The number of halogens is 2. The predicted octanol–water partition coefficient (Wildman–Crippen LogP) is 7.84. The summed E-state index contributed by atoms with van der Waals surface area (Å²) in [6.07, 6.45) is 1.75. The maximum atomic E-state index is 12.5. The van der Waals surface area contributed by atoms with E-state index < -0.39 is 0 Å². The topological polar surface area (TPSA) is 79.6 Å². The van der Waals surface area contributed by atoms with Crippen LogP contribution in [0.5, 0.6) is 5.75 Å². The van der Waals surface area contributed by atoms with Crippen LogP contribution in [0.15, 0.2) is 114 Å². The second-order valence-corrected chi connectivity index (χ2v) is 10.7. The normalized spacial score (nSPS) is 16.2. The number of carbonyl (C=O) groups is 1. The minimum atomic E-state index is -0.362. The third-order valence-corrected chi connectivity index (χ3v) is 7.91. The van der Waals surface area contributed by atoms with Crippen LogP contribution in [0.3, 0.4) is 0 Å². The molecule has 42 heavy (non-hydrogen) atoms. The van der Waals surface area contributed by atoms with E-state index in [1.165, 1.54) is 0 Å². The van der Waals surface area contributed by atoms with Crippen molar-refractivity contribution in [1.82, 2.24) is 10.3 Å². The SMILES string of the molecule is O=C(COc1ccccc1)Nc1ccc(N2C(=S)N[C@H](c3ccccn3)[C@H]2c2ccc(-c3cccc(Cl)c3Cl)o2)cc1. The molecule has 5 aromatic rings. The van der Waals surface area contributed by atoms with Crippen molar-refractivity contribution in [3.63, 3.8) is 0 Å². The number of rotatable bonds is 8. The highest BCUT2D eigenvalue weighted by Crippen LogP contribution is 2.44. The van der Waals surface area contributed by atoms with E-state index in [4.69, 9.17) is 44.6 Å². The molecule has 3 heterocycles. The summed E-state index contributed by atoms with van der Waals surface area (Å²) in [5, 5.41) is 7.67. The van der Waals surface area contributed by atoms with Crippen LogP contribution >= 0.6 is 35.4 Å². The van der Waals surface area contributed by atoms with E-state index in [1.54, 1.807) is 24.4 Å². The van der Waals surface area contributed by atoms with Gasteiger partial charge in [0.15, 0.2) is 11.7 Å².